The maximum Gasteiger partial charge on any atom is 0.106 e. The van der Waals surface area contributed by atoms with Crippen LogP contribution < -0.4 is 5.32 Å². The quantitative estimate of drug-likeness (QED) is 0.723. The number of rotatable bonds is 7. The maximum absolute atomic E-state index is 5.45. The molecule has 1 N–H and O–H groups in total. The molecule has 0 saturated heterocycles. The molecule has 94 valence electrons. The number of hydrogen-bond acceptors (Lipinski definition) is 1. The molecule has 0 saturated carbocycles. The summed E-state index contributed by atoms with van der Waals surface area (Å²) in [6.45, 7) is 4.46. The van der Waals surface area contributed by atoms with Gasteiger partial charge in [0.2, 0.25) is 0 Å². The van der Waals surface area contributed by atoms with Crippen molar-refractivity contribution in [1.29, 1.82) is 0 Å². The molecular formula is C15H23NS. The van der Waals surface area contributed by atoms with Crippen molar-refractivity contribution in [3.05, 3.63) is 35.9 Å². The zero-order valence-corrected chi connectivity index (χ0v) is 11.7. The van der Waals surface area contributed by atoms with E-state index >= 15 is 0 Å². The molecule has 0 spiro atoms. The number of unbranched alkanes of at least 4 members (excludes halogenated alkanes) is 1. The van der Waals surface area contributed by atoms with E-state index in [0.29, 0.717) is 6.04 Å². The molecule has 1 aromatic rings. The smallest absolute Gasteiger partial charge is 0.106 e. The van der Waals surface area contributed by atoms with Crippen LogP contribution in [0.25, 0.3) is 0 Å². The highest BCUT2D eigenvalue weighted by Crippen LogP contribution is 2.09. The molecule has 0 aliphatic heterocycles. The molecule has 0 amide bonds. The summed E-state index contributed by atoms with van der Waals surface area (Å²) >= 11 is 5.45. The van der Waals surface area contributed by atoms with Gasteiger partial charge in [0.1, 0.15) is 4.99 Å². The number of benzene rings is 1. The molecule has 0 aromatic heterocycles. The van der Waals surface area contributed by atoms with Gasteiger partial charge < -0.3 is 5.32 Å². The Hall–Kier alpha value is -0.890. The van der Waals surface area contributed by atoms with Gasteiger partial charge in [-0.2, -0.15) is 0 Å². The van der Waals surface area contributed by atoms with Crippen molar-refractivity contribution < 1.29 is 0 Å². The fraction of sp³-hybridized carbons (Fsp3) is 0.533. The van der Waals surface area contributed by atoms with E-state index in [9.17, 15) is 0 Å². The Bertz CT molecular complexity index is 321. The molecule has 1 atom stereocenters. The standard InChI is InChI=1S/C15H23NS/c1-3-5-12-14(9-4-2)16-15(17)13-10-7-6-8-11-13/h6-8,10-11,14H,3-5,9,12H2,1-2H3,(H,16,17). The monoisotopic (exact) mass is 249 g/mol. The van der Waals surface area contributed by atoms with Crippen LogP contribution in [0.15, 0.2) is 30.3 Å². The van der Waals surface area contributed by atoms with Crippen molar-refractivity contribution >= 4 is 17.2 Å². The minimum absolute atomic E-state index is 0.535. The molecular weight excluding hydrogens is 226 g/mol. The number of thiocarbonyl (C=S) groups is 1. The number of nitrogens with one attached hydrogen (secondary N) is 1. The topological polar surface area (TPSA) is 12.0 Å². The lowest BCUT2D eigenvalue weighted by atomic mass is 10.0. The first-order valence-corrected chi connectivity index (χ1v) is 7.04. The van der Waals surface area contributed by atoms with Gasteiger partial charge in [0.25, 0.3) is 0 Å². The molecule has 0 fully saturated rings. The first kappa shape index (κ1) is 14.2. The normalized spacial score (nSPS) is 12.1. The summed E-state index contributed by atoms with van der Waals surface area (Å²) in [5.74, 6) is 0. The molecule has 1 unspecified atom stereocenters. The molecule has 0 heterocycles. The van der Waals surface area contributed by atoms with Gasteiger partial charge in [-0.3, -0.25) is 0 Å². The summed E-state index contributed by atoms with van der Waals surface area (Å²) in [6.07, 6.45) is 6.15. The molecule has 1 nitrogen and oxygen atoms in total. The Morgan fingerprint density at radius 2 is 1.82 bits per heavy atom. The summed E-state index contributed by atoms with van der Waals surface area (Å²) in [7, 11) is 0. The van der Waals surface area contributed by atoms with Crippen LogP contribution in [0.3, 0.4) is 0 Å². The molecule has 1 rings (SSSR count). The van der Waals surface area contributed by atoms with Gasteiger partial charge in [-0.15, -0.1) is 0 Å². The zero-order chi connectivity index (χ0) is 12.5. The first-order valence-electron chi connectivity index (χ1n) is 6.63. The zero-order valence-electron chi connectivity index (χ0n) is 10.9. The minimum atomic E-state index is 0.535. The van der Waals surface area contributed by atoms with Crippen LogP contribution in [-0.2, 0) is 0 Å². The summed E-state index contributed by atoms with van der Waals surface area (Å²) in [4.78, 5) is 0.889. The van der Waals surface area contributed by atoms with E-state index < -0.39 is 0 Å². The van der Waals surface area contributed by atoms with Gasteiger partial charge in [0.15, 0.2) is 0 Å². The maximum atomic E-state index is 5.45. The third kappa shape index (κ3) is 5.31. The minimum Gasteiger partial charge on any atom is -0.373 e. The van der Waals surface area contributed by atoms with Crippen LogP contribution >= 0.6 is 12.2 Å². The lowest BCUT2D eigenvalue weighted by Crippen LogP contribution is -2.34. The third-order valence-electron chi connectivity index (χ3n) is 2.91. The molecule has 0 bridgehead atoms. The lowest BCUT2D eigenvalue weighted by molar-refractivity contribution is 0.497. The second-order valence-corrected chi connectivity index (χ2v) is 4.88. The van der Waals surface area contributed by atoms with Crippen molar-refractivity contribution in [1.82, 2.24) is 5.32 Å². The van der Waals surface area contributed by atoms with Crippen molar-refractivity contribution in [2.75, 3.05) is 0 Å². The Balaban J connectivity index is 2.51. The van der Waals surface area contributed by atoms with Crippen LogP contribution in [0.1, 0.15) is 51.5 Å². The van der Waals surface area contributed by atoms with E-state index in [-0.39, 0.29) is 0 Å². The predicted molar refractivity (Wildman–Crippen MR) is 79.5 cm³/mol. The highest BCUT2D eigenvalue weighted by atomic mass is 32.1. The molecule has 1 aromatic carbocycles. The summed E-state index contributed by atoms with van der Waals surface area (Å²) < 4.78 is 0. The molecule has 0 aliphatic carbocycles. The predicted octanol–water partition coefficient (Wildman–Crippen LogP) is 4.31. The lowest BCUT2D eigenvalue weighted by Gasteiger charge is -2.19. The van der Waals surface area contributed by atoms with Gasteiger partial charge in [0, 0.05) is 11.6 Å². The van der Waals surface area contributed by atoms with Crippen LogP contribution in [0.2, 0.25) is 0 Å². The molecule has 0 radical (unpaired) electrons. The SMILES string of the molecule is CCCCC(CCC)NC(=S)c1ccccc1. The second-order valence-electron chi connectivity index (χ2n) is 4.47. The van der Waals surface area contributed by atoms with Crippen molar-refractivity contribution in [3.63, 3.8) is 0 Å². The average molecular weight is 249 g/mol. The Morgan fingerprint density at radius 1 is 1.12 bits per heavy atom. The van der Waals surface area contributed by atoms with E-state index in [1.54, 1.807) is 0 Å². The molecule has 0 aliphatic rings. The van der Waals surface area contributed by atoms with E-state index in [1.807, 2.05) is 18.2 Å². The van der Waals surface area contributed by atoms with Gasteiger partial charge in [0.05, 0.1) is 0 Å². The largest absolute Gasteiger partial charge is 0.373 e. The van der Waals surface area contributed by atoms with Crippen LogP contribution in [0, 0.1) is 0 Å². The van der Waals surface area contributed by atoms with E-state index in [0.717, 1.165) is 10.6 Å². The molecule has 17 heavy (non-hydrogen) atoms. The van der Waals surface area contributed by atoms with Crippen LogP contribution in [0.4, 0.5) is 0 Å². The highest BCUT2D eigenvalue weighted by molar-refractivity contribution is 7.80. The summed E-state index contributed by atoms with van der Waals surface area (Å²) in [5.41, 5.74) is 1.13. The fourth-order valence-corrected chi connectivity index (χ4v) is 2.25. The first-order chi connectivity index (χ1) is 8.27. The fourth-order valence-electron chi connectivity index (χ4n) is 1.95. The Kier molecular flexibility index (Phi) is 6.87. The Labute approximate surface area is 111 Å². The van der Waals surface area contributed by atoms with Gasteiger partial charge in [-0.1, -0.05) is 75.7 Å². The van der Waals surface area contributed by atoms with Crippen LogP contribution in [-0.4, -0.2) is 11.0 Å². The van der Waals surface area contributed by atoms with E-state index in [2.05, 4.69) is 31.3 Å². The van der Waals surface area contributed by atoms with Gasteiger partial charge in [-0.25, -0.2) is 0 Å². The van der Waals surface area contributed by atoms with Crippen molar-refractivity contribution in [3.8, 4) is 0 Å². The summed E-state index contributed by atoms with van der Waals surface area (Å²) in [5, 5.41) is 3.50. The van der Waals surface area contributed by atoms with Gasteiger partial charge in [-0.05, 0) is 12.8 Å². The second kappa shape index (κ2) is 8.24. The average Bonchev–Trinajstić information content (AvgIpc) is 2.37. The highest BCUT2D eigenvalue weighted by Gasteiger charge is 2.09. The van der Waals surface area contributed by atoms with Crippen molar-refractivity contribution in [2.45, 2.75) is 52.0 Å². The van der Waals surface area contributed by atoms with Crippen LogP contribution in [0.5, 0.6) is 0 Å². The van der Waals surface area contributed by atoms with E-state index in [1.165, 1.54) is 32.1 Å². The van der Waals surface area contributed by atoms with E-state index in [4.69, 9.17) is 12.2 Å². The number of hydrogen-bond donors (Lipinski definition) is 1. The molecule has 2 heteroatoms. The summed E-state index contributed by atoms with van der Waals surface area (Å²) in [6, 6.07) is 10.8. The van der Waals surface area contributed by atoms with Crippen molar-refractivity contribution in [2.24, 2.45) is 0 Å². The third-order valence-corrected chi connectivity index (χ3v) is 3.27. The van der Waals surface area contributed by atoms with Gasteiger partial charge >= 0.3 is 0 Å². The Morgan fingerprint density at radius 3 is 2.41 bits per heavy atom.